The van der Waals surface area contributed by atoms with Gasteiger partial charge in [0, 0.05) is 29.8 Å². The van der Waals surface area contributed by atoms with E-state index in [4.69, 9.17) is 0 Å². The van der Waals surface area contributed by atoms with Gasteiger partial charge in [0.1, 0.15) is 0 Å². The first-order valence-electron chi connectivity index (χ1n) is 18.7. The van der Waals surface area contributed by atoms with E-state index in [0.717, 1.165) is 45.1 Å². The standard InChI is InChI=1S/C48H54N2/c1-5-18-44(47(6-2)50-40-26-16-20-36(4)30-31-40)48-43-29-14-13-28-42(43)45-33-37(41-27-12-7-9-22-38(45)34-46(41)48)23-15-19-35(3)21-17-32-49-39-24-10-8-11-25-39/h5-7,9-10,12-14,16-21,24-31,33,40-41,44,49-50H,8,11,15,22-23,32,34H2,1-4H3/b9-7-,18-5-,21-17-,27-12-,35-19-,47-6+. The maximum atomic E-state index is 3.94. The molecule has 3 atom stereocenters. The molecule has 2 heteroatoms. The molecule has 1 aromatic carbocycles. The Morgan fingerprint density at radius 3 is 2.68 bits per heavy atom. The zero-order valence-electron chi connectivity index (χ0n) is 30.5. The third-order valence-electron chi connectivity index (χ3n) is 10.3. The normalized spacial score (nSPS) is 23.8. The van der Waals surface area contributed by atoms with E-state index in [1.165, 1.54) is 61.5 Å². The second-order valence-corrected chi connectivity index (χ2v) is 13.9. The molecule has 6 rings (SSSR count). The van der Waals surface area contributed by atoms with E-state index in [1.54, 1.807) is 0 Å². The van der Waals surface area contributed by atoms with E-state index in [1.807, 2.05) is 0 Å². The van der Waals surface area contributed by atoms with Gasteiger partial charge < -0.3 is 10.6 Å². The van der Waals surface area contributed by atoms with Gasteiger partial charge in [-0.25, -0.2) is 0 Å². The molecule has 5 aliphatic rings. The number of benzene rings is 1. The highest BCUT2D eigenvalue weighted by molar-refractivity contribution is 5.92. The zero-order valence-corrected chi connectivity index (χ0v) is 30.5. The van der Waals surface area contributed by atoms with Gasteiger partial charge in [-0.3, -0.25) is 0 Å². The molecule has 0 amide bonds. The maximum Gasteiger partial charge on any atom is 0.0632 e. The molecule has 50 heavy (non-hydrogen) atoms. The summed E-state index contributed by atoms with van der Waals surface area (Å²) in [6, 6.07) is 9.30. The fourth-order valence-electron chi connectivity index (χ4n) is 7.77. The Bertz CT molecular complexity index is 1860. The Morgan fingerprint density at radius 2 is 1.86 bits per heavy atom. The number of fused-ring (bicyclic) bond motifs is 2. The van der Waals surface area contributed by atoms with Crippen molar-refractivity contribution in [3.63, 3.8) is 0 Å². The molecule has 0 aliphatic heterocycles. The van der Waals surface area contributed by atoms with Crippen molar-refractivity contribution in [3.05, 3.63) is 190 Å². The lowest BCUT2D eigenvalue weighted by Gasteiger charge is -2.31. The van der Waals surface area contributed by atoms with Crippen molar-refractivity contribution in [2.45, 2.75) is 72.3 Å². The Kier molecular flexibility index (Phi) is 12.1. The number of rotatable bonds is 12. The summed E-state index contributed by atoms with van der Waals surface area (Å²) in [5.74, 6) is 0.347. The van der Waals surface area contributed by atoms with Crippen LogP contribution in [0.4, 0.5) is 0 Å². The Labute approximate surface area is 301 Å². The topological polar surface area (TPSA) is 24.1 Å². The van der Waals surface area contributed by atoms with Crippen molar-refractivity contribution in [1.82, 2.24) is 10.6 Å². The fraction of sp³-hybridized carbons (Fsp3) is 0.292. The highest BCUT2D eigenvalue weighted by Gasteiger charge is 2.34. The summed E-state index contributed by atoms with van der Waals surface area (Å²) in [6.07, 6.45) is 49.9. The summed E-state index contributed by atoms with van der Waals surface area (Å²) in [6.45, 7) is 9.57. The molecule has 4 bridgehead atoms. The zero-order chi connectivity index (χ0) is 34.7. The van der Waals surface area contributed by atoms with Crippen molar-refractivity contribution in [2.24, 2.45) is 11.8 Å². The first kappa shape index (κ1) is 35.0. The molecule has 0 fully saturated rings. The molecule has 2 N–H and O–H groups in total. The maximum absolute atomic E-state index is 3.94. The van der Waals surface area contributed by atoms with Crippen molar-refractivity contribution in [2.75, 3.05) is 6.54 Å². The van der Waals surface area contributed by atoms with Gasteiger partial charge in [-0.2, -0.15) is 0 Å². The van der Waals surface area contributed by atoms with Crippen LogP contribution < -0.4 is 10.6 Å². The first-order chi connectivity index (χ1) is 24.6. The fourth-order valence-corrected chi connectivity index (χ4v) is 7.77. The Hall–Kier alpha value is -4.82. The molecule has 3 unspecified atom stereocenters. The molecule has 0 aromatic heterocycles. The smallest absolute Gasteiger partial charge is 0.0632 e. The molecule has 1 aromatic rings. The van der Waals surface area contributed by atoms with Crippen LogP contribution in [0.5, 0.6) is 0 Å². The lowest BCUT2D eigenvalue weighted by Crippen LogP contribution is -2.29. The van der Waals surface area contributed by atoms with Gasteiger partial charge in [-0.1, -0.05) is 161 Å². The second-order valence-electron chi connectivity index (χ2n) is 13.9. The lowest BCUT2D eigenvalue weighted by atomic mass is 9.75. The van der Waals surface area contributed by atoms with E-state index in [-0.39, 0.29) is 17.9 Å². The summed E-state index contributed by atoms with van der Waals surface area (Å²) in [5.41, 5.74) is 15.3. The molecule has 256 valence electrons. The minimum Gasteiger partial charge on any atom is -0.382 e. The van der Waals surface area contributed by atoms with Gasteiger partial charge in [-0.15, -0.1) is 0 Å². The van der Waals surface area contributed by atoms with Crippen LogP contribution in [0.2, 0.25) is 0 Å². The van der Waals surface area contributed by atoms with Crippen LogP contribution in [0.15, 0.2) is 179 Å². The summed E-state index contributed by atoms with van der Waals surface area (Å²) in [4.78, 5) is 0. The van der Waals surface area contributed by atoms with Gasteiger partial charge in [0.05, 0.1) is 6.04 Å². The van der Waals surface area contributed by atoms with Gasteiger partial charge in [-0.05, 0) is 94.6 Å². The number of nitrogens with one attached hydrogen (secondary N) is 2. The van der Waals surface area contributed by atoms with Crippen LogP contribution in [-0.2, 0) is 0 Å². The van der Waals surface area contributed by atoms with Crippen LogP contribution in [0, 0.1) is 11.8 Å². The molecule has 0 saturated heterocycles. The van der Waals surface area contributed by atoms with Gasteiger partial charge in [0.2, 0.25) is 0 Å². The quantitative estimate of drug-likeness (QED) is 0.172. The summed E-state index contributed by atoms with van der Waals surface area (Å²) in [7, 11) is 0. The summed E-state index contributed by atoms with van der Waals surface area (Å²) in [5, 5.41) is 7.46. The van der Waals surface area contributed by atoms with E-state index in [2.05, 4.69) is 178 Å². The average Bonchev–Trinajstić information content (AvgIpc) is 3.44. The third kappa shape index (κ3) is 8.48. The van der Waals surface area contributed by atoms with Gasteiger partial charge in [0.15, 0.2) is 0 Å². The second kappa shape index (κ2) is 17.2. The number of allylic oxidation sites excluding steroid dienone is 22. The third-order valence-corrected chi connectivity index (χ3v) is 10.3. The van der Waals surface area contributed by atoms with Crippen molar-refractivity contribution in [3.8, 4) is 0 Å². The van der Waals surface area contributed by atoms with Crippen LogP contribution >= 0.6 is 0 Å². The lowest BCUT2D eigenvalue weighted by molar-refractivity contribution is 0.711. The molecule has 2 nitrogen and oxygen atoms in total. The molecule has 0 heterocycles. The minimum absolute atomic E-state index is 0.102. The first-order valence-corrected chi connectivity index (χ1v) is 18.7. The SMILES string of the molecule is C/C=C\C(C1=C2CC3=C(C=C(CC/C=C(C)\C=C/CNC4=CCCC=C4)C2/C=C\C=C/C3)c2ccccc21)/C(=C\C)NC1C=CC=C(C)C=C1. The molecule has 5 aliphatic carbocycles. The average molecular weight is 659 g/mol. The minimum atomic E-state index is 0.102. The van der Waals surface area contributed by atoms with Gasteiger partial charge >= 0.3 is 0 Å². The van der Waals surface area contributed by atoms with Crippen molar-refractivity contribution >= 4 is 11.1 Å². The summed E-state index contributed by atoms with van der Waals surface area (Å²) < 4.78 is 0. The van der Waals surface area contributed by atoms with Crippen LogP contribution in [0.3, 0.4) is 0 Å². The van der Waals surface area contributed by atoms with E-state index < -0.39 is 0 Å². The molecule has 0 saturated carbocycles. The molecule has 0 spiro atoms. The van der Waals surface area contributed by atoms with Gasteiger partial charge in [0.25, 0.3) is 0 Å². The molecular formula is C48H54N2. The van der Waals surface area contributed by atoms with E-state index in [9.17, 15) is 0 Å². The summed E-state index contributed by atoms with van der Waals surface area (Å²) >= 11 is 0. The number of hydrogen-bond acceptors (Lipinski definition) is 2. The van der Waals surface area contributed by atoms with E-state index >= 15 is 0 Å². The predicted molar refractivity (Wildman–Crippen MR) is 217 cm³/mol. The monoisotopic (exact) mass is 658 g/mol. The highest BCUT2D eigenvalue weighted by atomic mass is 14.9. The predicted octanol–water partition coefficient (Wildman–Crippen LogP) is 11.9. The Morgan fingerprint density at radius 1 is 0.980 bits per heavy atom. The Balaban J connectivity index is 1.34. The van der Waals surface area contributed by atoms with Crippen molar-refractivity contribution in [1.29, 1.82) is 0 Å². The molecule has 0 radical (unpaired) electrons. The number of hydrogen-bond donors (Lipinski definition) is 2. The molecular weight excluding hydrogens is 605 g/mol. The van der Waals surface area contributed by atoms with Crippen LogP contribution in [-0.4, -0.2) is 12.6 Å². The van der Waals surface area contributed by atoms with E-state index in [0.29, 0.717) is 0 Å². The van der Waals surface area contributed by atoms with Crippen molar-refractivity contribution < 1.29 is 0 Å². The highest BCUT2D eigenvalue weighted by Crippen LogP contribution is 2.50. The van der Waals surface area contributed by atoms with Crippen LogP contribution in [0.25, 0.3) is 11.1 Å². The largest absolute Gasteiger partial charge is 0.382 e. The van der Waals surface area contributed by atoms with Crippen LogP contribution in [0.1, 0.15) is 77.3 Å².